The Kier molecular flexibility index (Phi) is 4.05. The second-order valence-electron chi connectivity index (χ2n) is 3.66. The Morgan fingerprint density at radius 2 is 2.07 bits per heavy atom. The standard InChI is InChI=1S/C11H16FNO2/c1-7(2)8-4-9(6-15-13)11(14-3)10(12)5-8/h4-5,7H,6,13H2,1-3H3. The molecule has 1 aromatic rings. The van der Waals surface area contributed by atoms with Gasteiger partial charge in [-0.25, -0.2) is 10.3 Å². The van der Waals surface area contributed by atoms with E-state index in [1.54, 1.807) is 0 Å². The number of nitrogens with two attached hydrogens (primary N) is 1. The highest BCUT2D eigenvalue weighted by Gasteiger charge is 2.13. The Morgan fingerprint density at radius 3 is 2.53 bits per heavy atom. The van der Waals surface area contributed by atoms with Crippen LogP contribution in [0.3, 0.4) is 0 Å². The predicted molar refractivity (Wildman–Crippen MR) is 56.0 cm³/mol. The van der Waals surface area contributed by atoms with Crippen molar-refractivity contribution >= 4 is 0 Å². The number of halogens is 1. The summed E-state index contributed by atoms with van der Waals surface area (Å²) in [4.78, 5) is 4.51. The molecule has 3 nitrogen and oxygen atoms in total. The fourth-order valence-electron chi connectivity index (χ4n) is 1.43. The van der Waals surface area contributed by atoms with Gasteiger partial charge in [0.15, 0.2) is 11.6 Å². The molecule has 0 unspecified atom stereocenters. The highest BCUT2D eigenvalue weighted by molar-refractivity contribution is 5.39. The van der Waals surface area contributed by atoms with Gasteiger partial charge in [-0.3, -0.25) is 4.84 Å². The molecule has 0 heterocycles. The molecule has 84 valence electrons. The normalized spacial score (nSPS) is 10.8. The lowest BCUT2D eigenvalue weighted by molar-refractivity contribution is 0.121. The third kappa shape index (κ3) is 2.67. The number of methoxy groups -OCH3 is 1. The summed E-state index contributed by atoms with van der Waals surface area (Å²) in [7, 11) is 1.42. The zero-order valence-electron chi connectivity index (χ0n) is 9.21. The van der Waals surface area contributed by atoms with Gasteiger partial charge in [0.05, 0.1) is 13.7 Å². The molecule has 0 saturated carbocycles. The highest BCUT2D eigenvalue weighted by Crippen LogP contribution is 2.28. The van der Waals surface area contributed by atoms with Crippen molar-refractivity contribution in [1.82, 2.24) is 0 Å². The quantitative estimate of drug-likeness (QED) is 0.781. The molecule has 4 heteroatoms. The van der Waals surface area contributed by atoms with Gasteiger partial charge >= 0.3 is 0 Å². The van der Waals surface area contributed by atoms with Crippen LogP contribution in [-0.4, -0.2) is 7.11 Å². The first-order chi connectivity index (χ1) is 7.10. The molecule has 0 aromatic heterocycles. The molecule has 0 fully saturated rings. The van der Waals surface area contributed by atoms with Gasteiger partial charge in [0, 0.05) is 5.56 Å². The topological polar surface area (TPSA) is 44.5 Å². The Morgan fingerprint density at radius 1 is 1.40 bits per heavy atom. The maximum Gasteiger partial charge on any atom is 0.165 e. The van der Waals surface area contributed by atoms with Crippen LogP contribution in [-0.2, 0) is 11.4 Å². The Balaban J connectivity index is 3.19. The molecule has 0 saturated heterocycles. The summed E-state index contributed by atoms with van der Waals surface area (Å²) >= 11 is 0. The Bertz CT molecular complexity index is 340. The lowest BCUT2D eigenvalue weighted by Crippen LogP contribution is -2.04. The van der Waals surface area contributed by atoms with Gasteiger partial charge in [-0.2, -0.15) is 0 Å². The number of hydrogen-bond acceptors (Lipinski definition) is 3. The summed E-state index contributed by atoms with van der Waals surface area (Å²) in [6.07, 6.45) is 0. The van der Waals surface area contributed by atoms with Gasteiger partial charge < -0.3 is 4.74 Å². The first-order valence-corrected chi connectivity index (χ1v) is 4.78. The molecule has 1 aromatic carbocycles. The molecular weight excluding hydrogens is 197 g/mol. The molecular formula is C11H16FNO2. The minimum absolute atomic E-state index is 0.140. The fourth-order valence-corrected chi connectivity index (χ4v) is 1.43. The van der Waals surface area contributed by atoms with E-state index in [4.69, 9.17) is 10.6 Å². The van der Waals surface area contributed by atoms with Crippen LogP contribution in [0.5, 0.6) is 5.75 Å². The largest absolute Gasteiger partial charge is 0.493 e. The van der Waals surface area contributed by atoms with Crippen molar-refractivity contribution in [3.8, 4) is 5.75 Å². The summed E-state index contributed by atoms with van der Waals surface area (Å²) in [5.74, 6) is 5.05. The molecule has 0 aliphatic heterocycles. The van der Waals surface area contributed by atoms with Crippen LogP contribution in [0.25, 0.3) is 0 Å². The Labute approximate surface area is 88.9 Å². The summed E-state index contributed by atoms with van der Waals surface area (Å²) in [5, 5.41) is 0. The van der Waals surface area contributed by atoms with Crippen molar-refractivity contribution in [2.45, 2.75) is 26.4 Å². The molecule has 0 aliphatic carbocycles. The van der Waals surface area contributed by atoms with Crippen molar-refractivity contribution in [2.75, 3.05) is 7.11 Å². The molecule has 0 spiro atoms. The van der Waals surface area contributed by atoms with E-state index >= 15 is 0 Å². The summed E-state index contributed by atoms with van der Waals surface area (Å²) in [6, 6.07) is 3.32. The van der Waals surface area contributed by atoms with Gasteiger partial charge in [0.25, 0.3) is 0 Å². The summed E-state index contributed by atoms with van der Waals surface area (Å²) < 4.78 is 18.5. The van der Waals surface area contributed by atoms with Crippen LogP contribution < -0.4 is 10.6 Å². The van der Waals surface area contributed by atoms with E-state index in [1.807, 2.05) is 19.9 Å². The van der Waals surface area contributed by atoms with Crippen LogP contribution >= 0.6 is 0 Å². The Hall–Kier alpha value is -1.13. The van der Waals surface area contributed by atoms with Gasteiger partial charge in [-0.1, -0.05) is 13.8 Å². The molecule has 2 N–H and O–H groups in total. The van der Waals surface area contributed by atoms with Crippen molar-refractivity contribution in [3.05, 3.63) is 29.1 Å². The molecule has 1 rings (SSSR count). The monoisotopic (exact) mass is 213 g/mol. The maximum absolute atomic E-state index is 13.6. The molecule has 0 bridgehead atoms. The smallest absolute Gasteiger partial charge is 0.165 e. The first kappa shape index (κ1) is 11.9. The third-order valence-corrected chi connectivity index (χ3v) is 2.25. The molecule has 0 atom stereocenters. The highest BCUT2D eigenvalue weighted by atomic mass is 19.1. The van der Waals surface area contributed by atoms with Crippen LogP contribution in [0.15, 0.2) is 12.1 Å². The summed E-state index contributed by atoms with van der Waals surface area (Å²) in [6.45, 7) is 4.13. The average molecular weight is 213 g/mol. The van der Waals surface area contributed by atoms with Crippen molar-refractivity contribution in [1.29, 1.82) is 0 Å². The zero-order chi connectivity index (χ0) is 11.4. The number of hydrogen-bond donors (Lipinski definition) is 1. The minimum Gasteiger partial charge on any atom is -0.493 e. The fraction of sp³-hybridized carbons (Fsp3) is 0.455. The van der Waals surface area contributed by atoms with Gasteiger partial charge in [0.2, 0.25) is 0 Å². The van der Waals surface area contributed by atoms with Gasteiger partial charge in [0.1, 0.15) is 0 Å². The lowest BCUT2D eigenvalue weighted by Gasteiger charge is -2.13. The SMILES string of the molecule is COc1c(F)cc(C(C)C)cc1CON. The lowest BCUT2D eigenvalue weighted by atomic mass is 10.00. The first-order valence-electron chi connectivity index (χ1n) is 4.78. The van der Waals surface area contributed by atoms with E-state index < -0.39 is 0 Å². The van der Waals surface area contributed by atoms with Crippen LogP contribution in [0.4, 0.5) is 4.39 Å². The second kappa shape index (κ2) is 5.09. The van der Waals surface area contributed by atoms with Gasteiger partial charge in [-0.05, 0) is 23.6 Å². The van der Waals surface area contributed by atoms with Crippen LogP contribution in [0, 0.1) is 5.82 Å². The van der Waals surface area contributed by atoms with E-state index in [0.29, 0.717) is 5.56 Å². The summed E-state index contributed by atoms with van der Waals surface area (Å²) in [5.41, 5.74) is 1.53. The van der Waals surface area contributed by atoms with E-state index in [0.717, 1.165) is 5.56 Å². The zero-order valence-corrected chi connectivity index (χ0v) is 9.21. The molecule has 0 amide bonds. The van der Waals surface area contributed by atoms with E-state index in [1.165, 1.54) is 13.2 Å². The van der Waals surface area contributed by atoms with Crippen molar-refractivity contribution in [2.24, 2.45) is 5.90 Å². The van der Waals surface area contributed by atoms with Crippen molar-refractivity contribution < 1.29 is 14.0 Å². The number of benzene rings is 1. The second-order valence-corrected chi connectivity index (χ2v) is 3.66. The van der Waals surface area contributed by atoms with Crippen LogP contribution in [0.1, 0.15) is 30.9 Å². The van der Waals surface area contributed by atoms with E-state index in [9.17, 15) is 4.39 Å². The molecule has 0 radical (unpaired) electrons. The molecule has 15 heavy (non-hydrogen) atoms. The average Bonchev–Trinajstić information content (AvgIpc) is 2.17. The minimum atomic E-state index is -0.379. The van der Waals surface area contributed by atoms with Crippen molar-refractivity contribution in [3.63, 3.8) is 0 Å². The number of ether oxygens (including phenoxy) is 1. The number of rotatable bonds is 4. The van der Waals surface area contributed by atoms with E-state index in [2.05, 4.69) is 4.84 Å². The molecule has 0 aliphatic rings. The predicted octanol–water partition coefficient (Wildman–Crippen LogP) is 2.35. The van der Waals surface area contributed by atoms with Crippen LogP contribution in [0.2, 0.25) is 0 Å². The van der Waals surface area contributed by atoms with E-state index in [-0.39, 0.29) is 24.1 Å². The maximum atomic E-state index is 13.6. The third-order valence-electron chi connectivity index (χ3n) is 2.25. The van der Waals surface area contributed by atoms with Gasteiger partial charge in [-0.15, -0.1) is 0 Å².